The van der Waals surface area contributed by atoms with Crippen molar-refractivity contribution in [3.63, 3.8) is 0 Å². The second kappa shape index (κ2) is 6.16. The van der Waals surface area contributed by atoms with Gasteiger partial charge in [0.1, 0.15) is 0 Å². The van der Waals surface area contributed by atoms with E-state index >= 15 is 0 Å². The molecule has 1 N–H and O–H groups in total. The van der Waals surface area contributed by atoms with Crippen molar-refractivity contribution in [2.75, 3.05) is 20.1 Å². The Morgan fingerprint density at radius 3 is 2.65 bits per heavy atom. The summed E-state index contributed by atoms with van der Waals surface area (Å²) in [6, 6.07) is 0. The summed E-state index contributed by atoms with van der Waals surface area (Å²) in [7, 11) is 3.57. The zero-order chi connectivity index (χ0) is 13.0. The van der Waals surface area contributed by atoms with Gasteiger partial charge in [-0.1, -0.05) is 6.92 Å². The van der Waals surface area contributed by atoms with Crippen LogP contribution in [0.2, 0.25) is 0 Å². The number of aryl methyl sites for hydroxylation is 2. The number of carbonyl (C=O) groups is 1. The lowest BCUT2D eigenvalue weighted by Crippen LogP contribution is -2.35. The number of nitrogens with zero attached hydrogens (tertiary/aromatic N) is 3. The molecular formula is C11H19BrN4O. The van der Waals surface area contributed by atoms with Gasteiger partial charge in [0, 0.05) is 20.6 Å². The van der Waals surface area contributed by atoms with Crippen LogP contribution in [0.15, 0.2) is 4.47 Å². The molecule has 1 aromatic rings. The molecule has 1 aromatic heterocycles. The predicted octanol–water partition coefficient (Wildman–Crippen LogP) is 1.06. The molecular weight excluding hydrogens is 284 g/mol. The molecule has 5 nitrogen and oxygen atoms in total. The van der Waals surface area contributed by atoms with E-state index in [-0.39, 0.29) is 5.91 Å². The molecule has 0 aromatic carbocycles. The Bertz CT molecular complexity index is 402. The first kappa shape index (κ1) is 14.2. The second-order valence-electron chi connectivity index (χ2n) is 3.95. The number of nitrogens with one attached hydrogen (secondary N) is 1. The minimum Gasteiger partial charge on any atom is -0.358 e. The van der Waals surface area contributed by atoms with E-state index in [1.54, 1.807) is 7.05 Å². The van der Waals surface area contributed by atoms with E-state index in [4.69, 9.17) is 0 Å². The highest BCUT2D eigenvalue weighted by Gasteiger charge is 2.15. The summed E-state index contributed by atoms with van der Waals surface area (Å²) in [5.41, 5.74) is 2.06. The van der Waals surface area contributed by atoms with Gasteiger partial charge >= 0.3 is 0 Å². The molecule has 0 aliphatic rings. The van der Waals surface area contributed by atoms with Crippen molar-refractivity contribution in [3.8, 4) is 0 Å². The van der Waals surface area contributed by atoms with Crippen molar-refractivity contribution in [2.45, 2.75) is 20.4 Å². The largest absolute Gasteiger partial charge is 0.358 e. The fourth-order valence-electron chi connectivity index (χ4n) is 1.63. The highest BCUT2D eigenvalue weighted by atomic mass is 79.9. The lowest BCUT2D eigenvalue weighted by atomic mass is 10.3. The van der Waals surface area contributed by atoms with Crippen molar-refractivity contribution in [1.82, 2.24) is 20.0 Å². The number of aromatic nitrogens is 2. The van der Waals surface area contributed by atoms with Gasteiger partial charge in [0.15, 0.2) is 0 Å². The van der Waals surface area contributed by atoms with Crippen LogP contribution in [0.25, 0.3) is 0 Å². The van der Waals surface area contributed by atoms with E-state index in [0.29, 0.717) is 13.1 Å². The first-order valence-corrected chi connectivity index (χ1v) is 6.39. The molecule has 1 amide bonds. The molecule has 0 saturated carbocycles. The van der Waals surface area contributed by atoms with E-state index in [1.165, 1.54) is 0 Å². The first-order chi connectivity index (χ1) is 7.99. The third kappa shape index (κ3) is 3.54. The minimum absolute atomic E-state index is 0.0295. The molecule has 0 spiro atoms. The Hall–Kier alpha value is -0.880. The third-order valence-electron chi connectivity index (χ3n) is 2.73. The summed E-state index contributed by atoms with van der Waals surface area (Å²) >= 11 is 3.53. The van der Waals surface area contributed by atoms with Crippen LogP contribution in [-0.2, 0) is 18.4 Å². The summed E-state index contributed by atoms with van der Waals surface area (Å²) < 4.78 is 2.88. The average Bonchev–Trinajstić information content (AvgIpc) is 2.54. The van der Waals surface area contributed by atoms with Gasteiger partial charge < -0.3 is 5.32 Å². The quantitative estimate of drug-likeness (QED) is 0.885. The monoisotopic (exact) mass is 302 g/mol. The Morgan fingerprint density at radius 2 is 2.24 bits per heavy atom. The summed E-state index contributed by atoms with van der Waals surface area (Å²) in [6.07, 6.45) is 0. The van der Waals surface area contributed by atoms with Gasteiger partial charge in [-0.15, -0.1) is 0 Å². The third-order valence-corrected chi connectivity index (χ3v) is 3.76. The smallest absolute Gasteiger partial charge is 0.233 e. The van der Waals surface area contributed by atoms with Crippen molar-refractivity contribution < 1.29 is 4.79 Å². The van der Waals surface area contributed by atoms with Crippen LogP contribution in [0.1, 0.15) is 18.3 Å². The van der Waals surface area contributed by atoms with Crippen molar-refractivity contribution >= 4 is 21.8 Å². The fourth-order valence-corrected chi connectivity index (χ4v) is 2.09. The van der Waals surface area contributed by atoms with Gasteiger partial charge in [-0.05, 0) is 29.4 Å². The minimum atomic E-state index is 0.0295. The highest BCUT2D eigenvalue weighted by molar-refractivity contribution is 9.10. The summed E-state index contributed by atoms with van der Waals surface area (Å²) in [6.45, 7) is 5.94. The summed E-state index contributed by atoms with van der Waals surface area (Å²) in [4.78, 5) is 13.4. The fraction of sp³-hybridized carbons (Fsp3) is 0.636. The lowest BCUT2D eigenvalue weighted by molar-refractivity contribution is -0.121. The molecule has 6 heteroatoms. The zero-order valence-corrected chi connectivity index (χ0v) is 12.3. The van der Waals surface area contributed by atoms with Gasteiger partial charge in [-0.25, -0.2) is 0 Å². The van der Waals surface area contributed by atoms with Gasteiger partial charge in [-0.3, -0.25) is 14.4 Å². The van der Waals surface area contributed by atoms with E-state index in [0.717, 1.165) is 22.4 Å². The van der Waals surface area contributed by atoms with Crippen molar-refractivity contribution in [3.05, 3.63) is 15.9 Å². The molecule has 0 saturated heterocycles. The molecule has 1 rings (SSSR count). The van der Waals surface area contributed by atoms with Crippen LogP contribution < -0.4 is 5.32 Å². The standard InChI is InChI=1S/C11H19BrN4O/c1-5-16(7-10(17)13-3)6-9-11(12)8(2)14-15(9)4/h5-7H2,1-4H3,(H,13,17). The number of hydrogen-bond donors (Lipinski definition) is 1. The predicted molar refractivity (Wildman–Crippen MR) is 70.7 cm³/mol. The molecule has 0 aliphatic heterocycles. The van der Waals surface area contributed by atoms with E-state index in [1.807, 2.05) is 25.6 Å². The van der Waals surface area contributed by atoms with Crippen LogP contribution in [0.3, 0.4) is 0 Å². The Morgan fingerprint density at radius 1 is 1.59 bits per heavy atom. The molecule has 1 heterocycles. The molecule has 96 valence electrons. The maximum absolute atomic E-state index is 11.4. The number of hydrogen-bond acceptors (Lipinski definition) is 3. The number of halogens is 1. The zero-order valence-electron chi connectivity index (χ0n) is 10.7. The van der Waals surface area contributed by atoms with E-state index in [2.05, 4.69) is 31.2 Å². The molecule has 0 atom stereocenters. The summed E-state index contributed by atoms with van der Waals surface area (Å²) in [5.74, 6) is 0.0295. The van der Waals surface area contributed by atoms with Crippen LogP contribution in [0.4, 0.5) is 0 Å². The van der Waals surface area contributed by atoms with Gasteiger partial charge in [0.05, 0.1) is 22.4 Å². The van der Waals surface area contributed by atoms with Crippen LogP contribution in [0.5, 0.6) is 0 Å². The van der Waals surface area contributed by atoms with Gasteiger partial charge in [-0.2, -0.15) is 5.10 Å². The number of likely N-dealkylation sites (N-methyl/N-ethyl adjacent to an activating group) is 2. The SMILES string of the molecule is CCN(CC(=O)NC)Cc1c(Br)c(C)nn1C. The molecule has 0 fully saturated rings. The molecule has 17 heavy (non-hydrogen) atoms. The Balaban J connectivity index is 2.77. The number of carbonyl (C=O) groups excluding carboxylic acids is 1. The first-order valence-electron chi connectivity index (χ1n) is 5.60. The lowest BCUT2D eigenvalue weighted by Gasteiger charge is -2.19. The normalized spacial score (nSPS) is 10.9. The van der Waals surface area contributed by atoms with Crippen LogP contribution >= 0.6 is 15.9 Å². The van der Waals surface area contributed by atoms with Gasteiger partial charge in [0.25, 0.3) is 0 Å². The van der Waals surface area contributed by atoms with Gasteiger partial charge in [0.2, 0.25) is 5.91 Å². The average molecular weight is 303 g/mol. The van der Waals surface area contributed by atoms with Crippen molar-refractivity contribution in [2.24, 2.45) is 7.05 Å². The van der Waals surface area contributed by atoms with Crippen molar-refractivity contribution in [1.29, 1.82) is 0 Å². The second-order valence-corrected chi connectivity index (χ2v) is 4.74. The molecule has 0 bridgehead atoms. The topological polar surface area (TPSA) is 50.2 Å². The molecule has 0 radical (unpaired) electrons. The highest BCUT2D eigenvalue weighted by Crippen LogP contribution is 2.21. The Kier molecular flexibility index (Phi) is 5.14. The van der Waals surface area contributed by atoms with E-state index < -0.39 is 0 Å². The molecule has 0 unspecified atom stereocenters. The Labute approximate surface area is 110 Å². The maximum atomic E-state index is 11.4. The number of rotatable bonds is 5. The number of amides is 1. The van der Waals surface area contributed by atoms with Crippen LogP contribution in [-0.4, -0.2) is 40.7 Å². The molecule has 0 aliphatic carbocycles. The maximum Gasteiger partial charge on any atom is 0.233 e. The van der Waals surface area contributed by atoms with E-state index in [9.17, 15) is 4.79 Å². The van der Waals surface area contributed by atoms with Crippen LogP contribution in [0, 0.1) is 6.92 Å². The summed E-state index contributed by atoms with van der Waals surface area (Å²) in [5, 5.41) is 6.98.